The zero-order chi connectivity index (χ0) is 18.4. The number of hydrogen-bond donors (Lipinski definition) is 2. The Balaban J connectivity index is 2.04. The molecule has 25 heavy (non-hydrogen) atoms. The molecule has 0 atom stereocenters. The highest BCUT2D eigenvalue weighted by Gasteiger charge is 2.11. The number of imidazole rings is 1. The summed E-state index contributed by atoms with van der Waals surface area (Å²) in [7, 11) is 4.18. The van der Waals surface area contributed by atoms with Gasteiger partial charge >= 0.3 is 0 Å². The molecule has 0 aliphatic carbocycles. The van der Waals surface area contributed by atoms with E-state index in [4.69, 9.17) is 0 Å². The number of aryl methyl sites for hydroxylation is 1. The van der Waals surface area contributed by atoms with Crippen molar-refractivity contribution in [1.82, 2.24) is 19.8 Å². The molecule has 0 bridgehead atoms. The minimum absolute atomic E-state index is 0.845. The van der Waals surface area contributed by atoms with Crippen LogP contribution >= 0.6 is 11.3 Å². The minimum atomic E-state index is -0.958. The Kier molecular flexibility index (Phi) is 6.79. The topological polar surface area (TPSA) is 55.4 Å². The Morgan fingerprint density at radius 3 is 2.60 bits per heavy atom. The van der Waals surface area contributed by atoms with Crippen molar-refractivity contribution in [3.63, 3.8) is 0 Å². The maximum Gasteiger partial charge on any atom is 0.120 e. The van der Waals surface area contributed by atoms with Crippen LogP contribution in [0.3, 0.4) is 0 Å². The van der Waals surface area contributed by atoms with Gasteiger partial charge in [-0.2, -0.15) is 0 Å². The third-order valence-electron chi connectivity index (χ3n) is 3.55. The standard InChI is InChI=1S/C19H28N4OS/c1-15-20-12-16(21-15)13-23(11-10-22(4)5)14-18-7-6-17(25-18)8-9-19(2,3)24/h6-7,12,24H,10-11,13-14H2,1-5H3,(H,20,21). The van der Waals surface area contributed by atoms with Gasteiger partial charge in [-0.25, -0.2) is 4.98 Å². The van der Waals surface area contributed by atoms with Crippen LogP contribution in [0, 0.1) is 18.8 Å². The first-order chi connectivity index (χ1) is 11.7. The lowest BCUT2D eigenvalue weighted by Gasteiger charge is -2.23. The molecule has 5 nitrogen and oxygen atoms in total. The van der Waals surface area contributed by atoms with Crippen molar-refractivity contribution in [2.45, 2.75) is 39.5 Å². The first-order valence-corrected chi connectivity index (χ1v) is 9.25. The van der Waals surface area contributed by atoms with E-state index in [0.29, 0.717) is 0 Å². The summed E-state index contributed by atoms with van der Waals surface area (Å²) in [6.45, 7) is 9.07. The van der Waals surface area contributed by atoms with Gasteiger partial charge in [0.25, 0.3) is 0 Å². The van der Waals surface area contributed by atoms with Crippen LogP contribution in [0.15, 0.2) is 18.3 Å². The van der Waals surface area contributed by atoms with Crippen LogP contribution < -0.4 is 0 Å². The van der Waals surface area contributed by atoms with Gasteiger partial charge in [0.15, 0.2) is 0 Å². The first kappa shape index (κ1) is 19.7. The van der Waals surface area contributed by atoms with Gasteiger partial charge < -0.3 is 15.0 Å². The molecule has 0 saturated heterocycles. The number of rotatable bonds is 7. The maximum atomic E-state index is 9.73. The molecule has 0 aliphatic rings. The lowest BCUT2D eigenvalue weighted by Crippen LogP contribution is -2.31. The van der Waals surface area contributed by atoms with Gasteiger partial charge in [0.1, 0.15) is 11.4 Å². The molecule has 0 amide bonds. The molecule has 6 heteroatoms. The second-order valence-corrected chi connectivity index (χ2v) is 8.25. The van der Waals surface area contributed by atoms with Gasteiger partial charge in [-0.15, -0.1) is 11.3 Å². The molecule has 2 aromatic rings. The quantitative estimate of drug-likeness (QED) is 0.745. The highest BCUT2D eigenvalue weighted by Crippen LogP contribution is 2.19. The van der Waals surface area contributed by atoms with Crippen LogP contribution in [0.5, 0.6) is 0 Å². The Morgan fingerprint density at radius 2 is 2.00 bits per heavy atom. The smallest absolute Gasteiger partial charge is 0.120 e. The minimum Gasteiger partial charge on any atom is -0.378 e. The zero-order valence-electron chi connectivity index (χ0n) is 15.8. The molecular weight excluding hydrogens is 332 g/mol. The van der Waals surface area contributed by atoms with E-state index in [0.717, 1.165) is 42.6 Å². The predicted octanol–water partition coefficient (Wildman–Crippen LogP) is 2.47. The second-order valence-electron chi connectivity index (χ2n) is 7.08. The number of hydrogen-bond acceptors (Lipinski definition) is 5. The van der Waals surface area contributed by atoms with Gasteiger partial charge in [-0.05, 0) is 47.0 Å². The van der Waals surface area contributed by atoms with E-state index in [2.05, 4.69) is 51.8 Å². The van der Waals surface area contributed by atoms with E-state index in [1.807, 2.05) is 19.2 Å². The first-order valence-electron chi connectivity index (χ1n) is 8.43. The van der Waals surface area contributed by atoms with Gasteiger partial charge in [-0.3, -0.25) is 4.90 Å². The predicted molar refractivity (Wildman–Crippen MR) is 103 cm³/mol. The van der Waals surface area contributed by atoms with E-state index >= 15 is 0 Å². The number of aliphatic hydroxyl groups is 1. The molecule has 0 fully saturated rings. The van der Waals surface area contributed by atoms with E-state index in [-0.39, 0.29) is 0 Å². The van der Waals surface area contributed by atoms with Crippen molar-refractivity contribution in [3.8, 4) is 11.8 Å². The molecule has 2 heterocycles. The molecule has 136 valence electrons. The Bertz CT molecular complexity index is 730. The fraction of sp³-hybridized carbons (Fsp3) is 0.526. The van der Waals surface area contributed by atoms with Gasteiger partial charge in [0, 0.05) is 42.9 Å². The molecular formula is C19H28N4OS. The fourth-order valence-corrected chi connectivity index (χ4v) is 3.22. The lowest BCUT2D eigenvalue weighted by molar-refractivity contribution is 0.143. The number of nitrogens with one attached hydrogen (secondary N) is 1. The third kappa shape index (κ3) is 7.41. The van der Waals surface area contributed by atoms with Gasteiger partial charge in [0.05, 0.1) is 4.88 Å². The summed E-state index contributed by atoms with van der Waals surface area (Å²) in [4.78, 5) is 14.5. The van der Waals surface area contributed by atoms with Gasteiger partial charge in [0.2, 0.25) is 0 Å². The highest BCUT2D eigenvalue weighted by atomic mass is 32.1. The normalized spacial score (nSPS) is 11.8. The van der Waals surface area contributed by atoms with Crippen molar-refractivity contribution in [1.29, 1.82) is 0 Å². The summed E-state index contributed by atoms with van der Waals surface area (Å²) >= 11 is 1.69. The largest absolute Gasteiger partial charge is 0.378 e. The summed E-state index contributed by atoms with van der Waals surface area (Å²) in [6, 6.07) is 4.16. The number of aromatic amines is 1. The number of aromatic nitrogens is 2. The SMILES string of the molecule is Cc1ncc(CN(CCN(C)C)Cc2ccc(C#CC(C)(C)O)s2)[nH]1. The Morgan fingerprint density at radius 1 is 1.24 bits per heavy atom. The zero-order valence-corrected chi connectivity index (χ0v) is 16.6. The molecule has 0 aromatic carbocycles. The molecule has 0 aliphatic heterocycles. The summed E-state index contributed by atoms with van der Waals surface area (Å²) in [5.74, 6) is 6.87. The van der Waals surface area contributed by atoms with Crippen LogP contribution in [-0.2, 0) is 13.1 Å². The van der Waals surface area contributed by atoms with Crippen molar-refractivity contribution in [2.75, 3.05) is 27.2 Å². The molecule has 0 saturated carbocycles. The Labute approximate surface area is 154 Å². The van der Waals surface area contributed by atoms with Crippen molar-refractivity contribution in [2.24, 2.45) is 0 Å². The van der Waals surface area contributed by atoms with Crippen LogP contribution in [0.25, 0.3) is 0 Å². The number of thiophene rings is 1. The summed E-state index contributed by atoms with van der Waals surface area (Å²) in [6.07, 6.45) is 1.91. The average Bonchev–Trinajstić information content (AvgIpc) is 3.11. The average molecular weight is 361 g/mol. The summed E-state index contributed by atoms with van der Waals surface area (Å²) < 4.78 is 0. The summed E-state index contributed by atoms with van der Waals surface area (Å²) in [5.41, 5.74) is 0.176. The fourth-order valence-electron chi connectivity index (χ4n) is 2.31. The highest BCUT2D eigenvalue weighted by molar-refractivity contribution is 7.12. The van der Waals surface area contributed by atoms with Crippen molar-refractivity contribution >= 4 is 11.3 Å². The van der Waals surface area contributed by atoms with Gasteiger partial charge in [-0.1, -0.05) is 11.8 Å². The monoisotopic (exact) mass is 360 g/mol. The molecule has 2 aromatic heterocycles. The molecule has 2 N–H and O–H groups in total. The van der Waals surface area contributed by atoms with E-state index in [9.17, 15) is 5.11 Å². The van der Waals surface area contributed by atoms with Crippen molar-refractivity contribution in [3.05, 3.63) is 39.6 Å². The molecule has 0 spiro atoms. The Hall–Kier alpha value is -1.65. The van der Waals surface area contributed by atoms with Crippen LogP contribution in [0.2, 0.25) is 0 Å². The number of H-pyrrole nitrogens is 1. The molecule has 2 rings (SSSR count). The second kappa shape index (κ2) is 8.63. The summed E-state index contributed by atoms with van der Waals surface area (Å²) in [5, 5.41) is 9.73. The van der Waals surface area contributed by atoms with Crippen molar-refractivity contribution < 1.29 is 5.11 Å². The third-order valence-corrected chi connectivity index (χ3v) is 4.53. The lowest BCUT2D eigenvalue weighted by atomic mass is 10.1. The number of likely N-dealkylation sites (N-methyl/N-ethyl adjacent to an activating group) is 1. The van der Waals surface area contributed by atoms with E-state index < -0.39 is 5.60 Å². The van der Waals surface area contributed by atoms with Crippen LogP contribution in [0.1, 0.15) is 35.1 Å². The van der Waals surface area contributed by atoms with E-state index in [1.165, 1.54) is 4.88 Å². The van der Waals surface area contributed by atoms with Crippen LogP contribution in [0.4, 0.5) is 0 Å². The maximum absolute atomic E-state index is 9.73. The molecule has 0 unspecified atom stereocenters. The van der Waals surface area contributed by atoms with Crippen LogP contribution in [-0.4, -0.2) is 57.7 Å². The number of nitrogens with zero attached hydrogens (tertiary/aromatic N) is 3. The molecule has 0 radical (unpaired) electrons. The van der Waals surface area contributed by atoms with E-state index in [1.54, 1.807) is 25.2 Å².